The highest BCUT2D eigenvalue weighted by molar-refractivity contribution is 9.10. The molecule has 0 aliphatic carbocycles. The molecule has 0 bridgehead atoms. The molecule has 1 aromatic rings. The van der Waals surface area contributed by atoms with Crippen LogP contribution in [0.4, 0.5) is 0 Å². The quantitative estimate of drug-likeness (QED) is 0.907. The van der Waals surface area contributed by atoms with Crippen molar-refractivity contribution in [1.29, 1.82) is 5.26 Å². The number of phenols is 1. The summed E-state index contributed by atoms with van der Waals surface area (Å²) in [7, 11) is 2.10. The third-order valence-electron chi connectivity index (χ3n) is 3.62. The van der Waals surface area contributed by atoms with Crippen molar-refractivity contribution in [3.63, 3.8) is 0 Å². The van der Waals surface area contributed by atoms with E-state index in [-0.39, 0.29) is 11.8 Å². The van der Waals surface area contributed by atoms with E-state index < -0.39 is 0 Å². The van der Waals surface area contributed by atoms with Gasteiger partial charge in [-0.25, -0.2) is 0 Å². The van der Waals surface area contributed by atoms with Crippen LogP contribution in [0.5, 0.6) is 5.75 Å². The lowest BCUT2D eigenvalue weighted by Gasteiger charge is -2.40. The normalized spacial score (nSPS) is 22.9. The molecule has 2 rings (SSSR count). The zero-order chi connectivity index (χ0) is 14.0. The third-order valence-corrected chi connectivity index (χ3v) is 4.26. The monoisotopic (exact) mass is 323 g/mol. The summed E-state index contributed by atoms with van der Waals surface area (Å²) in [6.45, 7) is 4.98. The van der Waals surface area contributed by atoms with Crippen LogP contribution in [0.2, 0.25) is 0 Å². The van der Waals surface area contributed by atoms with Gasteiger partial charge in [-0.3, -0.25) is 4.90 Å². The minimum absolute atomic E-state index is 0.201. The first-order chi connectivity index (χ1) is 9.02. The number of rotatable bonds is 2. The van der Waals surface area contributed by atoms with Crippen molar-refractivity contribution < 1.29 is 5.11 Å². The molecule has 1 N–H and O–H groups in total. The molecule has 0 saturated carbocycles. The van der Waals surface area contributed by atoms with Crippen molar-refractivity contribution in [2.45, 2.75) is 19.0 Å². The Morgan fingerprint density at radius 1 is 1.47 bits per heavy atom. The second kappa shape index (κ2) is 5.91. The minimum atomic E-state index is -0.263. The van der Waals surface area contributed by atoms with E-state index in [4.69, 9.17) is 0 Å². The Kier molecular flexibility index (Phi) is 4.46. The van der Waals surface area contributed by atoms with E-state index in [1.54, 1.807) is 6.07 Å². The fourth-order valence-electron chi connectivity index (χ4n) is 2.57. The Morgan fingerprint density at radius 2 is 2.21 bits per heavy atom. The number of nitriles is 1. The molecule has 1 saturated heterocycles. The van der Waals surface area contributed by atoms with Gasteiger partial charge in [0.15, 0.2) is 0 Å². The van der Waals surface area contributed by atoms with Crippen LogP contribution in [0.15, 0.2) is 22.7 Å². The Labute approximate surface area is 122 Å². The maximum atomic E-state index is 9.55. The molecule has 1 fully saturated rings. The molecule has 2 atom stereocenters. The molecular formula is C14H18BrN3O. The van der Waals surface area contributed by atoms with Gasteiger partial charge in [-0.2, -0.15) is 5.26 Å². The molecule has 0 radical (unpaired) electrons. The average Bonchev–Trinajstić information content (AvgIpc) is 2.37. The van der Waals surface area contributed by atoms with E-state index in [0.29, 0.717) is 10.5 Å². The number of halogens is 1. The summed E-state index contributed by atoms with van der Waals surface area (Å²) in [6.07, 6.45) is 0. The first-order valence-corrected chi connectivity index (χ1v) is 7.14. The highest BCUT2D eigenvalue weighted by Gasteiger charge is 2.29. The fraction of sp³-hybridized carbons (Fsp3) is 0.500. The van der Waals surface area contributed by atoms with Crippen molar-refractivity contribution in [2.24, 2.45) is 0 Å². The number of likely N-dealkylation sites (N-methyl/N-ethyl adjacent to an activating group) is 1. The van der Waals surface area contributed by atoms with Gasteiger partial charge in [0.2, 0.25) is 0 Å². The fourth-order valence-corrected chi connectivity index (χ4v) is 2.97. The van der Waals surface area contributed by atoms with Crippen LogP contribution in [-0.4, -0.2) is 47.6 Å². The largest absolute Gasteiger partial charge is 0.507 e. The SMILES string of the molecule is CC1CN(C)CCN1C(C#N)c1ccc(O)c(Br)c1. The zero-order valence-electron chi connectivity index (χ0n) is 11.2. The van der Waals surface area contributed by atoms with E-state index in [1.807, 2.05) is 12.1 Å². The summed E-state index contributed by atoms with van der Waals surface area (Å²) < 4.78 is 0.632. The highest BCUT2D eigenvalue weighted by atomic mass is 79.9. The van der Waals surface area contributed by atoms with Crippen LogP contribution < -0.4 is 0 Å². The van der Waals surface area contributed by atoms with E-state index in [0.717, 1.165) is 25.2 Å². The lowest BCUT2D eigenvalue weighted by atomic mass is 10.0. The Hall–Kier alpha value is -1.09. The molecular weight excluding hydrogens is 306 g/mol. The molecule has 102 valence electrons. The second-order valence-corrected chi connectivity index (χ2v) is 5.95. The first kappa shape index (κ1) is 14.3. The van der Waals surface area contributed by atoms with Gasteiger partial charge in [0.25, 0.3) is 0 Å². The van der Waals surface area contributed by atoms with Crippen molar-refractivity contribution in [2.75, 3.05) is 26.7 Å². The number of piperazine rings is 1. The maximum absolute atomic E-state index is 9.55. The van der Waals surface area contributed by atoms with Gasteiger partial charge in [-0.1, -0.05) is 6.07 Å². The molecule has 1 heterocycles. The van der Waals surface area contributed by atoms with Crippen LogP contribution in [0.3, 0.4) is 0 Å². The summed E-state index contributed by atoms with van der Waals surface area (Å²) >= 11 is 3.31. The topological polar surface area (TPSA) is 50.5 Å². The summed E-state index contributed by atoms with van der Waals surface area (Å²) in [5, 5.41) is 19.0. The molecule has 1 aliphatic rings. The zero-order valence-corrected chi connectivity index (χ0v) is 12.8. The molecule has 5 heteroatoms. The summed E-state index contributed by atoms with van der Waals surface area (Å²) in [4.78, 5) is 4.50. The van der Waals surface area contributed by atoms with Gasteiger partial charge >= 0.3 is 0 Å². The second-order valence-electron chi connectivity index (χ2n) is 5.09. The standard InChI is InChI=1S/C14H18BrN3O/c1-10-9-17(2)5-6-18(10)13(8-16)11-3-4-14(19)12(15)7-11/h3-4,7,10,13,19H,5-6,9H2,1-2H3. The maximum Gasteiger partial charge on any atom is 0.129 e. The summed E-state index contributed by atoms with van der Waals surface area (Å²) in [5.41, 5.74) is 0.920. The van der Waals surface area contributed by atoms with Crippen LogP contribution >= 0.6 is 15.9 Å². The van der Waals surface area contributed by atoms with E-state index in [9.17, 15) is 10.4 Å². The van der Waals surface area contributed by atoms with Gasteiger partial charge in [0, 0.05) is 25.7 Å². The third kappa shape index (κ3) is 3.08. The smallest absolute Gasteiger partial charge is 0.129 e. The summed E-state index contributed by atoms with van der Waals surface area (Å²) in [6, 6.07) is 7.74. The van der Waals surface area contributed by atoms with Crippen LogP contribution in [-0.2, 0) is 0 Å². The van der Waals surface area contributed by atoms with Crippen LogP contribution in [0.1, 0.15) is 18.5 Å². The Balaban J connectivity index is 2.24. The molecule has 0 aromatic heterocycles. The van der Waals surface area contributed by atoms with Crippen molar-refractivity contribution in [1.82, 2.24) is 9.80 Å². The lowest BCUT2D eigenvalue weighted by Crippen LogP contribution is -2.51. The van der Waals surface area contributed by atoms with Crippen molar-refractivity contribution >= 4 is 15.9 Å². The first-order valence-electron chi connectivity index (χ1n) is 6.35. The Morgan fingerprint density at radius 3 is 2.79 bits per heavy atom. The predicted octanol–water partition coefficient (Wildman–Crippen LogP) is 2.36. The molecule has 2 unspecified atom stereocenters. The van der Waals surface area contributed by atoms with E-state index >= 15 is 0 Å². The lowest BCUT2D eigenvalue weighted by molar-refractivity contribution is 0.0796. The van der Waals surface area contributed by atoms with Gasteiger partial charge in [-0.15, -0.1) is 0 Å². The van der Waals surface area contributed by atoms with Crippen molar-refractivity contribution in [3.8, 4) is 11.8 Å². The predicted molar refractivity (Wildman–Crippen MR) is 77.8 cm³/mol. The number of benzene rings is 1. The Bertz CT molecular complexity index is 500. The highest BCUT2D eigenvalue weighted by Crippen LogP contribution is 2.30. The molecule has 0 spiro atoms. The molecule has 0 amide bonds. The molecule has 1 aromatic carbocycles. The van der Waals surface area contributed by atoms with E-state index in [1.165, 1.54) is 0 Å². The minimum Gasteiger partial charge on any atom is -0.507 e. The molecule has 4 nitrogen and oxygen atoms in total. The number of nitrogens with zero attached hydrogens (tertiary/aromatic N) is 3. The van der Waals surface area contributed by atoms with Gasteiger partial charge < -0.3 is 10.0 Å². The van der Waals surface area contributed by atoms with Gasteiger partial charge in [0.05, 0.1) is 10.5 Å². The average molecular weight is 324 g/mol. The number of aromatic hydroxyl groups is 1. The van der Waals surface area contributed by atoms with Gasteiger partial charge in [0.1, 0.15) is 11.8 Å². The summed E-state index contributed by atoms with van der Waals surface area (Å²) in [5.74, 6) is 0.201. The number of phenolic OH excluding ortho intramolecular Hbond substituents is 1. The van der Waals surface area contributed by atoms with Crippen LogP contribution in [0.25, 0.3) is 0 Å². The molecule has 19 heavy (non-hydrogen) atoms. The number of hydrogen-bond acceptors (Lipinski definition) is 4. The molecule has 1 aliphatic heterocycles. The number of hydrogen-bond donors (Lipinski definition) is 1. The van der Waals surface area contributed by atoms with Crippen LogP contribution in [0, 0.1) is 11.3 Å². The van der Waals surface area contributed by atoms with Gasteiger partial charge in [-0.05, 0) is 47.6 Å². The van der Waals surface area contributed by atoms with E-state index in [2.05, 4.69) is 45.8 Å². The van der Waals surface area contributed by atoms with Crippen molar-refractivity contribution in [3.05, 3.63) is 28.2 Å².